The van der Waals surface area contributed by atoms with Crippen LogP contribution in [0.2, 0.25) is 0 Å². The van der Waals surface area contributed by atoms with Gasteiger partial charge in [-0.2, -0.15) is 0 Å². The number of carbonyl (C=O) groups is 5. The Hall–Kier alpha value is -3.48. The second kappa shape index (κ2) is 13.2. The second-order valence-electron chi connectivity index (χ2n) is 7.89. The molecule has 184 valence electrons. The lowest BCUT2D eigenvalue weighted by atomic mass is 9.97. The Kier molecular flexibility index (Phi) is 11.0. The highest BCUT2D eigenvalue weighted by Gasteiger charge is 2.32. The molecule has 0 saturated carbocycles. The van der Waals surface area contributed by atoms with Crippen molar-refractivity contribution in [1.82, 2.24) is 25.9 Å². The predicted octanol–water partition coefficient (Wildman–Crippen LogP) is -1.85. The van der Waals surface area contributed by atoms with Crippen LogP contribution in [-0.4, -0.2) is 68.8 Å². The summed E-state index contributed by atoms with van der Waals surface area (Å²) in [5.41, 5.74) is 11.8. The Morgan fingerprint density at radius 3 is 2.27 bits per heavy atom. The summed E-state index contributed by atoms with van der Waals surface area (Å²) in [7, 11) is 0. The van der Waals surface area contributed by atoms with Crippen molar-refractivity contribution in [2.24, 2.45) is 17.4 Å². The van der Waals surface area contributed by atoms with Crippen LogP contribution in [0, 0.1) is 5.92 Å². The highest BCUT2D eigenvalue weighted by molar-refractivity contribution is 5.94. The zero-order valence-electron chi connectivity index (χ0n) is 19.0. The zero-order valence-corrected chi connectivity index (χ0v) is 19.0. The number of carboxylic acids is 1. The molecular weight excluding hydrogens is 434 g/mol. The van der Waals surface area contributed by atoms with E-state index in [0.717, 1.165) is 0 Å². The Morgan fingerprint density at radius 1 is 1.09 bits per heavy atom. The first kappa shape index (κ1) is 27.6. The fourth-order valence-electron chi connectivity index (χ4n) is 2.88. The minimum absolute atomic E-state index is 0.139. The molecule has 0 aromatic carbocycles. The quantitative estimate of drug-likeness (QED) is 0.164. The molecule has 1 heterocycles. The summed E-state index contributed by atoms with van der Waals surface area (Å²) in [6.07, 6.45) is 3.35. The van der Waals surface area contributed by atoms with Crippen molar-refractivity contribution in [3.63, 3.8) is 0 Å². The predicted molar refractivity (Wildman–Crippen MR) is 117 cm³/mol. The van der Waals surface area contributed by atoms with E-state index in [1.807, 2.05) is 6.92 Å². The fraction of sp³-hybridized carbons (Fsp3) is 0.600. The monoisotopic (exact) mass is 467 g/mol. The molecule has 0 fully saturated rings. The summed E-state index contributed by atoms with van der Waals surface area (Å²) < 4.78 is 0. The molecule has 0 spiro atoms. The van der Waals surface area contributed by atoms with E-state index in [4.69, 9.17) is 16.6 Å². The number of aromatic amines is 1. The molecule has 5 atom stereocenters. The molecule has 9 N–H and O–H groups in total. The first-order chi connectivity index (χ1) is 15.5. The van der Waals surface area contributed by atoms with E-state index in [1.165, 1.54) is 19.4 Å². The first-order valence-electron chi connectivity index (χ1n) is 10.6. The lowest BCUT2D eigenvalue weighted by Gasteiger charge is -2.27. The van der Waals surface area contributed by atoms with Gasteiger partial charge in [-0.25, -0.2) is 4.98 Å². The molecule has 33 heavy (non-hydrogen) atoms. The molecule has 0 aliphatic carbocycles. The van der Waals surface area contributed by atoms with Crippen LogP contribution in [0.1, 0.15) is 45.7 Å². The third-order valence-corrected chi connectivity index (χ3v) is 5.17. The van der Waals surface area contributed by atoms with Crippen molar-refractivity contribution in [3.8, 4) is 0 Å². The van der Waals surface area contributed by atoms with Gasteiger partial charge < -0.3 is 37.5 Å². The first-order valence-corrected chi connectivity index (χ1v) is 10.6. The molecule has 0 radical (unpaired) electrons. The summed E-state index contributed by atoms with van der Waals surface area (Å²) in [5, 5.41) is 16.4. The number of nitrogens with one attached hydrogen (secondary N) is 4. The number of primary amides is 1. The average molecular weight is 468 g/mol. The molecule has 0 aliphatic heterocycles. The largest absolute Gasteiger partial charge is 0.480 e. The van der Waals surface area contributed by atoms with Gasteiger partial charge in [0.15, 0.2) is 0 Å². The molecule has 13 nitrogen and oxygen atoms in total. The fourth-order valence-corrected chi connectivity index (χ4v) is 2.88. The maximum atomic E-state index is 13.0. The molecule has 0 saturated heterocycles. The molecule has 0 bridgehead atoms. The molecule has 1 aromatic heterocycles. The topological polar surface area (TPSA) is 222 Å². The summed E-state index contributed by atoms with van der Waals surface area (Å²) >= 11 is 0. The number of aliphatic carboxylic acids is 1. The molecule has 1 rings (SSSR count). The van der Waals surface area contributed by atoms with Gasteiger partial charge in [-0.05, 0) is 19.3 Å². The van der Waals surface area contributed by atoms with Crippen LogP contribution in [0.5, 0.6) is 0 Å². The summed E-state index contributed by atoms with van der Waals surface area (Å²) in [5.74, 6) is -4.29. The number of nitrogens with two attached hydrogens (primary N) is 2. The summed E-state index contributed by atoms with van der Waals surface area (Å²) in [6, 6.07) is -4.41. The Morgan fingerprint density at radius 2 is 1.76 bits per heavy atom. The van der Waals surface area contributed by atoms with Crippen LogP contribution in [0.4, 0.5) is 0 Å². The summed E-state index contributed by atoms with van der Waals surface area (Å²) in [4.78, 5) is 67.1. The molecule has 4 amide bonds. The van der Waals surface area contributed by atoms with Crippen LogP contribution < -0.4 is 27.4 Å². The third-order valence-electron chi connectivity index (χ3n) is 5.17. The van der Waals surface area contributed by atoms with Gasteiger partial charge in [0.05, 0.1) is 12.4 Å². The maximum absolute atomic E-state index is 13.0. The zero-order chi connectivity index (χ0) is 25.1. The van der Waals surface area contributed by atoms with E-state index >= 15 is 0 Å². The smallest absolute Gasteiger partial charge is 0.325 e. The van der Waals surface area contributed by atoms with E-state index in [0.29, 0.717) is 12.1 Å². The van der Waals surface area contributed by atoms with Gasteiger partial charge in [0.1, 0.15) is 18.1 Å². The van der Waals surface area contributed by atoms with Gasteiger partial charge in [0, 0.05) is 24.7 Å². The normalized spacial score (nSPS) is 15.4. The SMILES string of the molecule is CCC(C)C(NC(=O)C(N)Cc1cnc[nH]1)C(=O)NC(CCC(N)=O)C(=O)NC(C)C(=O)O. The van der Waals surface area contributed by atoms with E-state index < -0.39 is 53.8 Å². The number of rotatable bonds is 14. The Labute approximate surface area is 191 Å². The van der Waals surface area contributed by atoms with Gasteiger partial charge in [-0.3, -0.25) is 24.0 Å². The van der Waals surface area contributed by atoms with Crippen LogP contribution in [0.3, 0.4) is 0 Å². The minimum atomic E-state index is -1.26. The third kappa shape index (κ3) is 9.27. The maximum Gasteiger partial charge on any atom is 0.325 e. The highest BCUT2D eigenvalue weighted by atomic mass is 16.4. The van der Waals surface area contributed by atoms with E-state index in [9.17, 15) is 24.0 Å². The lowest BCUT2D eigenvalue weighted by Crippen LogP contribution is -2.58. The number of H-pyrrole nitrogens is 1. The van der Waals surface area contributed by atoms with Crippen molar-refractivity contribution in [2.45, 2.75) is 70.6 Å². The Bertz CT molecular complexity index is 829. The van der Waals surface area contributed by atoms with Crippen molar-refractivity contribution >= 4 is 29.6 Å². The van der Waals surface area contributed by atoms with Crippen LogP contribution in [-0.2, 0) is 30.4 Å². The van der Waals surface area contributed by atoms with E-state index in [2.05, 4.69) is 25.9 Å². The van der Waals surface area contributed by atoms with Crippen molar-refractivity contribution in [1.29, 1.82) is 0 Å². The number of nitrogens with zero attached hydrogens (tertiary/aromatic N) is 1. The second-order valence-corrected chi connectivity index (χ2v) is 7.89. The van der Waals surface area contributed by atoms with Crippen molar-refractivity contribution in [3.05, 3.63) is 18.2 Å². The van der Waals surface area contributed by atoms with Gasteiger partial charge in [-0.15, -0.1) is 0 Å². The average Bonchev–Trinajstić information content (AvgIpc) is 3.26. The molecule has 1 aromatic rings. The number of aromatic nitrogens is 2. The number of imidazole rings is 1. The van der Waals surface area contributed by atoms with Crippen LogP contribution >= 0.6 is 0 Å². The van der Waals surface area contributed by atoms with Crippen LogP contribution in [0.25, 0.3) is 0 Å². The summed E-state index contributed by atoms with van der Waals surface area (Å²) in [6.45, 7) is 4.83. The van der Waals surface area contributed by atoms with Crippen molar-refractivity contribution < 1.29 is 29.1 Å². The highest BCUT2D eigenvalue weighted by Crippen LogP contribution is 2.10. The van der Waals surface area contributed by atoms with E-state index in [-0.39, 0.29) is 25.2 Å². The molecule has 0 aliphatic rings. The van der Waals surface area contributed by atoms with Crippen molar-refractivity contribution in [2.75, 3.05) is 0 Å². The van der Waals surface area contributed by atoms with E-state index in [1.54, 1.807) is 6.92 Å². The van der Waals surface area contributed by atoms with Gasteiger partial charge in [0.25, 0.3) is 0 Å². The molecule has 5 unspecified atom stereocenters. The number of hydrogen-bond donors (Lipinski definition) is 7. The van der Waals surface area contributed by atoms with Gasteiger partial charge in [-0.1, -0.05) is 20.3 Å². The lowest BCUT2D eigenvalue weighted by molar-refractivity contribution is -0.142. The number of carboxylic acid groups (broad SMARTS) is 1. The van der Waals surface area contributed by atoms with Gasteiger partial charge in [0.2, 0.25) is 23.6 Å². The molecular formula is C20H33N7O6. The number of amides is 4. The minimum Gasteiger partial charge on any atom is -0.480 e. The number of hydrogen-bond acceptors (Lipinski definition) is 7. The van der Waals surface area contributed by atoms with Gasteiger partial charge >= 0.3 is 5.97 Å². The standard InChI is InChI=1S/C20H33N7O6/c1-4-10(2)16(27-17(29)13(21)7-12-8-23-9-24-12)19(31)26-14(5-6-15(22)28)18(30)25-11(3)20(32)33/h8-11,13-14,16H,4-7,21H2,1-3H3,(H2,22,28)(H,23,24)(H,25,30)(H,26,31)(H,27,29)(H,32,33). The molecule has 13 heteroatoms. The van der Waals surface area contributed by atoms with Crippen LogP contribution in [0.15, 0.2) is 12.5 Å². The Balaban J connectivity index is 2.93. The number of carbonyl (C=O) groups excluding carboxylic acids is 4.